The van der Waals surface area contributed by atoms with E-state index in [1.165, 1.54) is 5.56 Å². The SMILES string of the molecule is CCOc1ccccc1CSc1nnc(NC)s1. The number of hydrogen-bond acceptors (Lipinski definition) is 6. The minimum atomic E-state index is 0.685. The van der Waals surface area contributed by atoms with Gasteiger partial charge in [0.15, 0.2) is 4.34 Å². The molecule has 0 bridgehead atoms. The van der Waals surface area contributed by atoms with Gasteiger partial charge in [-0.1, -0.05) is 41.3 Å². The molecule has 0 aliphatic rings. The second kappa shape index (κ2) is 6.61. The van der Waals surface area contributed by atoms with Crippen LogP contribution < -0.4 is 10.1 Å². The zero-order valence-corrected chi connectivity index (χ0v) is 12.0. The number of nitrogens with zero attached hydrogens (tertiary/aromatic N) is 2. The number of hydrogen-bond donors (Lipinski definition) is 1. The van der Waals surface area contributed by atoms with Crippen molar-refractivity contribution in [2.75, 3.05) is 19.0 Å². The summed E-state index contributed by atoms with van der Waals surface area (Å²) in [6, 6.07) is 8.09. The third kappa shape index (κ3) is 3.36. The number of para-hydroxylation sites is 1. The zero-order valence-electron chi connectivity index (χ0n) is 10.3. The average Bonchev–Trinajstić information content (AvgIpc) is 2.86. The van der Waals surface area contributed by atoms with E-state index in [4.69, 9.17) is 4.74 Å². The Morgan fingerprint density at radius 3 is 2.89 bits per heavy atom. The van der Waals surface area contributed by atoms with Gasteiger partial charge in [-0.3, -0.25) is 0 Å². The van der Waals surface area contributed by atoms with Crippen molar-refractivity contribution in [1.29, 1.82) is 0 Å². The van der Waals surface area contributed by atoms with Crippen molar-refractivity contribution in [2.24, 2.45) is 0 Å². The van der Waals surface area contributed by atoms with E-state index in [0.29, 0.717) is 6.61 Å². The van der Waals surface area contributed by atoms with Crippen LogP contribution >= 0.6 is 23.1 Å². The van der Waals surface area contributed by atoms with E-state index in [0.717, 1.165) is 21.0 Å². The molecule has 0 aliphatic heterocycles. The number of thioether (sulfide) groups is 1. The summed E-state index contributed by atoms with van der Waals surface area (Å²) in [4.78, 5) is 0. The first-order valence-corrected chi connectivity index (χ1v) is 7.48. The van der Waals surface area contributed by atoms with Crippen molar-refractivity contribution < 1.29 is 4.74 Å². The fourth-order valence-corrected chi connectivity index (χ4v) is 3.12. The lowest BCUT2D eigenvalue weighted by atomic mass is 10.2. The Labute approximate surface area is 115 Å². The lowest BCUT2D eigenvalue weighted by molar-refractivity contribution is 0.337. The molecule has 0 atom stereocenters. The van der Waals surface area contributed by atoms with Crippen molar-refractivity contribution in [1.82, 2.24) is 10.2 Å². The molecule has 0 aliphatic carbocycles. The van der Waals surface area contributed by atoms with Crippen LogP contribution in [-0.2, 0) is 5.75 Å². The average molecular weight is 281 g/mol. The second-order valence-corrected chi connectivity index (χ2v) is 5.65. The van der Waals surface area contributed by atoms with Gasteiger partial charge in [-0.2, -0.15) is 0 Å². The summed E-state index contributed by atoms with van der Waals surface area (Å²) in [7, 11) is 1.85. The molecule has 1 N–H and O–H groups in total. The van der Waals surface area contributed by atoms with Gasteiger partial charge >= 0.3 is 0 Å². The molecule has 4 nitrogen and oxygen atoms in total. The van der Waals surface area contributed by atoms with Crippen molar-refractivity contribution >= 4 is 28.2 Å². The molecule has 1 aromatic heterocycles. The third-order valence-corrected chi connectivity index (χ3v) is 4.37. The van der Waals surface area contributed by atoms with E-state index in [1.54, 1.807) is 23.1 Å². The highest BCUT2D eigenvalue weighted by Gasteiger charge is 2.06. The van der Waals surface area contributed by atoms with E-state index in [1.807, 2.05) is 32.2 Å². The van der Waals surface area contributed by atoms with Gasteiger partial charge < -0.3 is 10.1 Å². The summed E-state index contributed by atoms with van der Waals surface area (Å²) in [6.07, 6.45) is 0. The van der Waals surface area contributed by atoms with E-state index < -0.39 is 0 Å². The van der Waals surface area contributed by atoms with Crippen LogP contribution in [0.4, 0.5) is 5.13 Å². The molecule has 0 saturated heterocycles. The Hall–Kier alpha value is -1.27. The monoisotopic (exact) mass is 281 g/mol. The van der Waals surface area contributed by atoms with Gasteiger partial charge in [0, 0.05) is 18.4 Å². The molecule has 0 radical (unpaired) electrons. The van der Waals surface area contributed by atoms with Crippen molar-refractivity contribution in [3.05, 3.63) is 29.8 Å². The summed E-state index contributed by atoms with van der Waals surface area (Å²) in [5, 5.41) is 11.9. The molecule has 2 aromatic rings. The molecule has 1 aromatic carbocycles. The van der Waals surface area contributed by atoms with Crippen LogP contribution in [0.25, 0.3) is 0 Å². The molecule has 0 spiro atoms. The lowest BCUT2D eigenvalue weighted by Crippen LogP contribution is -1.95. The van der Waals surface area contributed by atoms with Crippen molar-refractivity contribution in [3.63, 3.8) is 0 Å². The Morgan fingerprint density at radius 1 is 1.33 bits per heavy atom. The number of aromatic nitrogens is 2. The Bertz CT molecular complexity index is 502. The number of ether oxygens (including phenoxy) is 1. The third-order valence-electron chi connectivity index (χ3n) is 2.24. The van der Waals surface area contributed by atoms with Gasteiger partial charge in [0.05, 0.1) is 6.61 Å². The van der Waals surface area contributed by atoms with E-state index >= 15 is 0 Å². The maximum Gasteiger partial charge on any atom is 0.206 e. The van der Waals surface area contributed by atoms with Gasteiger partial charge in [0.25, 0.3) is 0 Å². The Balaban J connectivity index is 2.01. The lowest BCUT2D eigenvalue weighted by Gasteiger charge is -2.08. The number of nitrogens with one attached hydrogen (secondary N) is 1. The zero-order chi connectivity index (χ0) is 12.8. The summed E-state index contributed by atoms with van der Waals surface area (Å²) >= 11 is 3.23. The summed E-state index contributed by atoms with van der Waals surface area (Å²) in [6.45, 7) is 2.68. The highest BCUT2D eigenvalue weighted by atomic mass is 32.2. The van der Waals surface area contributed by atoms with Crippen LogP contribution in [0.5, 0.6) is 5.75 Å². The first-order chi connectivity index (χ1) is 8.83. The van der Waals surface area contributed by atoms with Gasteiger partial charge in [0.2, 0.25) is 5.13 Å². The molecule has 0 fully saturated rings. The molecule has 96 valence electrons. The smallest absolute Gasteiger partial charge is 0.206 e. The number of benzene rings is 1. The largest absolute Gasteiger partial charge is 0.494 e. The molecular weight excluding hydrogens is 266 g/mol. The van der Waals surface area contributed by atoms with E-state index in [2.05, 4.69) is 21.6 Å². The normalized spacial score (nSPS) is 10.3. The maximum absolute atomic E-state index is 5.59. The molecule has 2 rings (SSSR count). The van der Waals surface area contributed by atoms with Gasteiger partial charge in [-0.15, -0.1) is 10.2 Å². The fraction of sp³-hybridized carbons (Fsp3) is 0.333. The quantitative estimate of drug-likeness (QED) is 0.823. The van der Waals surface area contributed by atoms with Crippen LogP contribution in [0.1, 0.15) is 12.5 Å². The van der Waals surface area contributed by atoms with Crippen LogP contribution in [0.2, 0.25) is 0 Å². The first-order valence-electron chi connectivity index (χ1n) is 5.68. The van der Waals surface area contributed by atoms with Crippen LogP contribution in [-0.4, -0.2) is 23.9 Å². The maximum atomic E-state index is 5.59. The van der Waals surface area contributed by atoms with Gasteiger partial charge in [0.1, 0.15) is 5.75 Å². The fourth-order valence-electron chi connectivity index (χ4n) is 1.43. The van der Waals surface area contributed by atoms with Crippen LogP contribution in [0, 0.1) is 0 Å². The van der Waals surface area contributed by atoms with Crippen LogP contribution in [0.15, 0.2) is 28.6 Å². The summed E-state index contributed by atoms with van der Waals surface area (Å²) < 4.78 is 6.56. The highest BCUT2D eigenvalue weighted by Crippen LogP contribution is 2.30. The predicted octanol–water partition coefficient (Wildman–Crippen LogP) is 3.27. The topological polar surface area (TPSA) is 47.0 Å². The number of rotatable bonds is 6. The van der Waals surface area contributed by atoms with Crippen LogP contribution in [0.3, 0.4) is 0 Å². The molecule has 0 amide bonds. The first kappa shape index (κ1) is 13.2. The molecule has 1 heterocycles. The van der Waals surface area contributed by atoms with Gasteiger partial charge in [-0.05, 0) is 13.0 Å². The van der Waals surface area contributed by atoms with Crippen molar-refractivity contribution in [3.8, 4) is 5.75 Å². The molecule has 18 heavy (non-hydrogen) atoms. The standard InChI is InChI=1S/C12H15N3OS2/c1-3-16-10-7-5-4-6-9(10)8-17-12-15-14-11(13-2)18-12/h4-7H,3,8H2,1-2H3,(H,13,14). The van der Waals surface area contributed by atoms with Crippen molar-refractivity contribution in [2.45, 2.75) is 17.0 Å². The molecule has 6 heteroatoms. The highest BCUT2D eigenvalue weighted by molar-refractivity contribution is 8.00. The molecule has 0 saturated carbocycles. The molecule has 0 unspecified atom stereocenters. The minimum absolute atomic E-state index is 0.685. The Morgan fingerprint density at radius 2 is 2.17 bits per heavy atom. The Kier molecular flexibility index (Phi) is 4.83. The second-order valence-electron chi connectivity index (χ2n) is 3.45. The summed E-state index contributed by atoms with van der Waals surface area (Å²) in [5.41, 5.74) is 1.19. The summed E-state index contributed by atoms with van der Waals surface area (Å²) in [5.74, 6) is 1.79. The molecular formula is C12H15N3OS2. The van der Waals surface area contributed by atoms with E-state index in [9.17, 15) is 0 Å². The van der Waals surface area contributed by atoms with E-state index in [-0.39, 0.29) is 0 Å². The minimum Gasteiger partial charge on any atom is -0.494 e. The predicted molar refractivity (Wildman–Crippen MR) is 76.6 cm³/mol. The number of anilines is 1. The van der Waals surface area contributed by atoms with Gasteiger partial charge in [-0.25, -0.2) is 0 Å².